The molecule has 0 aliphatic rings. The lowest BCUT2D eigenvalue weighted by atomic mass is 9.99. The minimum Gasteiger partial charge on any atom is -0.478 e. The molecule has 0 spiro atoms. The van der Waals surface area contributed by atoms with Crippen molar-refractivity contribution >= 4 is 5.97 Å². The van der Waals surface area contributed by atoms with Crippen molar-refractivity contribution < 1.29 is 9.90 Å². The maximum atomic E-state index is 10.8. The van der Waals surface area contributed by atoms with Gasteiger partial charge in [0, 0.05) is 6.54 Å². The highest BCUT2D eigenvalue weighted by Gasteiger charge is 2.10. The summed E-state index contributed by atoms with van der Waals surface area (Å²) in [5.74, 6) is -0.893. The number of hydrogen-bond donors (Lipinski definition) is 2. The highest BCUT2D eigenvalue weighted by atomic mass is 16.4. The zero-order valence-electron chi connectivity index (χ0n) is 7.79. The molecule has 0 atom stereocenters. The average Bonchev–Trinajstić information content (AvgIpc) is 2.08. The summed E-state index contributed by atoms with van der Waals surface area (Å²) in [5, 5.41) is 8.87. The van der Waals surface area contributed by atoms with Gasteiger partial charge in [0.15, 0.2) is 0 Å². The van der Waals surface area contributed by atoms with E-state index in [0.29, 0.717) is 12.1 Å². The third-order valence-corrected chi connectivity index (χ3v) is 2.11. The number of nitrogens with two attached hydrogens (primary N) is 1. The SMILES string of the molecule is Cc1cc(CN)c(C)c(C(=O)O)c1. The van der Waals surface area contributed by atoms with E-state index in [1.807, 2.05) is 13.0 Å². The van der Waals surface area contributed by atoms with Gasteiger partial charge in [0.1, 0.15) is 0 Å². The summed E-state index contributed by atoms with van der Waals surface area (Å²) >= 11 is 0. The van der Waals surface area contributed by atoms with Gasteiger partial charge >= 0.3 is 5.97 Å². The van der Waals surface area contributed by atoms with E-state index in [4.69, 9.17) is 10.8 Å². The normalized spacial score (nSPS) is 10.1. The van der Waals surface area contributed by atoms with Gasteiger partial charge in [-0.15, -0.1) is 0 Å². The van der Waals surface area contributed by atoms with Crippen molar-refractivity contribution in [2.75, 3.05) is 0 Å². The third-order valence-electron chi connectivity index (χ3n) is 2.11. The molecule has 0 saturated carbocycles. The summed E-state index contributed by atoms with van der Waals surface area (Å²) in [6.45, 7) is 4.03. The zero-order valence-corrected chi connectivity index (χ0v) is 7.79. The quantitative estimate of drug-likeness (QED) is 0.722. The van der Waals surface area contributed by atoms with Crippen LogP contribution in [0.4, 0.5) is 0 Å². The molecule has 0 bridgehead atoms. The van der Waals surface area contributed by atoms with Gasteiger partial charge in [-0.3, -0.25) is 0 Å². The van der Waals surface area contributed by atoms with E-state index in [1.165, 1.54) is 0 Å². The second-order valence-electron chi connectivity index (χ2n) is 3.11. The molecule has 3 heteroatoms. The Labute approximate surface area is 77.2 Å². The second-order valence-corrected chi connectivity index (χ2v) is 3.11. The first-order valence-corrected chi connectivity index (χ1v) is 4.09. The van der Waals surface area contributed by atoms with E-state index in [0.717, 1.165) is 16.7 Å². The van der Waals surface area contributed by atoms with Crippen LogP contribution >= 0.6 is 0 Å². The summed E-state index contributed by atoms with van der Waals surface area (Å²) in [6.07, 6.45) is 0. The van der Waals surface area contributed by atoms with Crippen molar-refractivity contribution in [3.05, 3.63) is 34.4 Å². The molecule has 0 radical (unpaired) electrons. The lowest BCUT2D eigenvalue weighted by Crippen LogP contribution is -2.06. The number of rotatable bonds is 2. The lowest BCUT2D eigenvalue weighted by Gasteiger charge is -2.08. The van der Waals surface area contributed by atoms with Gasteiger partial charge < -0.3 is 10.8 Å². The van der Waals surface area contributed by atoms with Crippen molar-refractivity contribution in [2.24, 2.45) is 5.73 Å². The van der Waals surface area contributed by atoms with Gasteiger partial charge in [0.05, 0.1) is 5.56 Å². The van der Waals surface area contributed by atoms with Crippen molar-refractivity contribution in [2.45, 2.75) is 20.4 Å². The molecule has 0 aliphatic heterocycles. The van der Waals surface area contributed by atoms with Gasteiger partial charge in [-0.05, 0) is 36.6 Å². The maximum Gasteiger partial charge on any atom is 0.335 e. The summed E-state index contributed by atoms with van der Waals surface area (Å²) in [7, 11) is 0. The number of aromatic carboxylic acids is 1. The molecule has 0 amide bonds. The predicted molar refractivity (Wildman–Crippen MR) is 50.8 cm³/mol. The molecule has 1 aromatic rings. The fourth-order valence-corrected chi connectivity index (χ4v) is 1.37. The van der Waals surface area contributed by atoms with Crippen LogP contribution < -0.4 is 5.73 Å². The second kappa shape index (κ2) is 3.58. The smallest absolute Gasteiger partial charge is 0.335 e. The Kier molecular flexibility index (Phi) is 2.68. The fourth-order valence-electron chi connectivity index (χ4n) is 1.37. The Morgan fingerprint density at radius 1 is 1.46 bits per heavy atom. The molecule has 0 aromatic heterocycles. The van der Waals surface area contributed by atoms with Crippen molar-refractivity contribution in [1.29, 1.82) is 0 Å². The summed E-state index contributed by atoms with van der Waals surface area (Å²) in [5.41, 5.74) is 8.44. The van der Waals surface area contributed by atoms with Gasteiger partial charge in [-0.1, -0.05) is 6.07 Å². The van der Waals surface area contributed by atoms with Gasteiger partial charge in [-0.2, -0.15) is 0 Å². The van der Waals surface area contributed by atoms with Crippen LogP contribution in [0.15, 0.2) is 12.1 Å². The van der Waals surface area contributed by atoms with E-state index in [2.05, 4.69) is 0 Å². The summed E-state index contributed by atoms with van der Waals surface area (Å²) in [6, 6.07) is 3.58. The molecule has 1 aromatic carbocycles. The Bertz CT molecular complexity index is 345. The number of carboxylic acids is 1. The van der Waals surface area contributed by atoms with E-state index in [9.17, 15) is 4.79 Å². The largest absolute Gasteiger partial charge is 0.478 e. The van der Waals surface area contributed by atoms with E-state index >= 15 is 0 Å². The number of hydrogen-bond acceptors (Lipinski definition) is 2. The number of carboxylic acid groups (broad SMARTS) is 1. The lowest BCUT2D eigenvalue weighted by molar-refractivity contribution is 0.0696. The Hall–Kier alpha value is -1.35. The molecular weight excluding hydrogens is 166 g/mol. The van der Waals surface area contributed by atoms with E-state index < -0.39 is 5.97 Å². The highest BCUT2D eigenvalue weighted by Crippen LogP contribution is 2.16. The average molecular weight is 179 g/mol. The Balaban J connectivity index is 3.35. The first-order chi connectivity index (χ1) is 6.06. The highest BCUT2D eigenvalue weighted by molar-refractivity contribution is 5.90. The Morgan fingerprint density at radius 3 is 2.54 bits per heavy atom. The van der Waals surface area contributed by atoms with Gasteiger partial charge in [0.2, 0.25) is 0 Å². The molecule has 0 aliphatic carbocycles. The van der Waals surface area contributed by atoms with Crippen LogP contribution in [0, 0.1) is 13.8 Å². The van der Waals surface area contributed by atoms with Crippen LogP contribution in [0.25, 0.3) is 0 Å². The zero-order chi connectivity index (χ0) is 10.0. The predicted octanol–water partition coefficient (Wildman–Crippen LogP) is 1.46. The third kappa shape index (κ3) is 1.87. The first kappa shape index (κ1) is 9.74. The number of aryl methyl sites for hydroxylation is 1. The minimum atomic E-state index is -0.893. The van der Waals surface area contributed by atoms with Crippen LogP contribution in [0.5, 0.6) is 0 Å². The number of benzene rings is 1. The van der Waals surface area contributed by atoms with Crippen LogP contribution in [0.1, 0.15) is 27.0 Å². The molecule has 70 valence electrons. The van der Waals surface area contributed by atoms with Crippen molar-refractivity contribution in [1.82, 2.24) is 0 Å². The number of carbonyl (C=O) groups is 1. The first-order valence-electron chi connectivity index (χ1n) is 4.09. The molecule has 0 saturated heterocycles. The van der Waals surface area contributed by atoms with Crippen LogP contribution in [-0.2, 0) is 6.54 Å². The van der Waals surface area contributed by atoms with E-state index in [1.54, 1.807) is 13.0 Å². The van der Waals surface area contributed by atoms with Gasteiger partial charge in [-0.25, -0.2) is 4.79 Å². The molecule has 13 heavy (non-hydrogen) atoms. The van der Waals surface area contributed by atoms with Crippen molar-refractivity contribution in [3.63, 3.8) is 0 Å². The Morgan fingerprint density at radius 2 is 2.08 bits per heavy atom. The summed E-state index contributed by atoms with van der Waals surface area (Å²) < 4.78 is 0. The summed E-state index contributed by atoms with van der Waals surface area (Å²) in [4.78, 5) is 10.8. The maximum absolute atomic E-state index is 10.8. The van der Waals surface area contributed by atoms with Crippen LogP contribution in [0.3, 0.4) is 0 Å². The van der Waals surface area contributed by atoms with Gasteiger partial charge in [0.25, 0.3) is 0 Å². The monoisotopic (exact) mass is 179 g/mol. The molecular formula is C10H13NO2. The standard InChI is InChI=1S/C10H13NO2/c1-6-3-8(5-11)7(2)9(4-6)10(12)13/h3-4H,5,11H2,1-2H3,(H,12,13). The molecule has 0 fully saturated rings. The molecule has 1 rings (SSSR count). The van der Waals surface area contributed by atoms with E-state index in [-0.39, 0.29) is 0 Å². The molecule has 3 N–H and O–H groups in total. The topological polar surface area (TPSA) is 63.3 Å². The van der Waals surface area contributed by atoms with Crippen molar-refractivity contribution in [3.8, 4) is 0 Å². The van der Waals surface area contributed by atoms with Crippen LogP contribution in [-0.4, -0.2) is 11.1 Å². The molecule has 0 heterocycles. The fraction of sp³-hybridized carbons (Fsp3) is 0.300. The minimum absolute atomic E-state index is 0.348. The van der Waals surface area contributed by atoms with Crippen LogP contribution in [0.2, 0.25) is 0 Å². The molecule has 0 unspecified atom stereocenters. The molecule has 3 nitrogen and oxygen atoms in total.